The van der Waals surface area contributed by atoms with Crippen molar-refractivity contribution in [3.05, 3.63) is 59.2 Å². The number of H-pyrrole nitrogens is 1. The lowest BCUT2D eigenvalue weighted by Gasteiger charge is -2.16. The van der Waals surface area contributed by atoms with Gasteiger partial charge in [-0.25, -0.2) is 4.79 Å². The number of carbonyl (C=O) groups excluding carboxylic acids is 2. The Kier molecular flexibility index (Phi) is 7.64. The molecule has 1 atom stereocenters. The van der Waals surface area contributed by atoms with Crippen LogP contribution < -0.4 is 22.5 Å². The van der Waals surface area contributed by atoms with Crippen molar-refractivity contribution < 1.29 is 14.3 Å². The molecule has 178 valence electrons. The van der Waals surface area contributed by atoms with Crippen LogP contribution in [0.1, 0.15) is 29.5 Å². The topological polar surface area (TPSA) is 197 Å². The van der Waals surface area contributed by atoms with Crippen LogP contribution in [0, 0.1) is 10.8 Å². The van der Waals surface area contributed by atoms with Gasteiger partial charge >= 0.3 is 5.97 Å². The number of nitrogens with one attached hydrogen (secondary N) is 4. The van der Waals surface area contributed by atoms with Gasteiger partial charge in [0.25, 0.3) is 0 Å². The van der Waals surface area contributed by atoms with E-state index in [1.54, 1.807) is 24.3 Å². The second-order valence-corrected chi connectivity index (χ2v) is 7.89. The normalized spacial score (nSPS) is 11.7. The molecule has 0 saturated carbocycles. The van der Waals surface area contributed by atoms with Gasteiger partial charge in [-0.15, -0.1) is 0 Å². The van der Waals surface area contributed by atoms with E-state index >= 15 is 0 Å². The third-order valence-electron chi connectivity index (χ3n) is 5.56. The predicted octanol–water partition coefficient (Wildman–Crippen LogP) is 1.34. The summed E-state index contributed by atoms with van der Waals surface area (Å²) in [5.41, 5.74) is 20.8. The number of esters is 1. The monoisotopic (exact) mass is 463 g/mol. The Labute approximate surface area is 196 Å². The van der Waals surface area contributed by atoms with Gasteiger partial charge in [-0.3, -0.25) is 15.6 Å². The van der Waals surface area contributed by atoms with Crippen molar-refractivity contribution in [2.75, 3.05) is 13.7 Å². The summed E-state index contributed by atoms with van der Waals surface area (Å²) in [6.07, 6.45) is 0.943. The summed E-state index contributed by atoms with van der Waals surface area (Å²) in [6, 6.07) is 11.6. The number of hydrogen-bond acceptors (Lipinski definition) is 6. The van der Waals surface area contributed by atoms with E-state index in [4.69, 9.17) is 32.8 Å². The van der Waals surface area contributed by atoms with Gasteiger partial charge in [-0.2, -0.15) is 0 Å². The molecule has 3 aromatic rings. The highest BCUT2D eigenvalue weighted by Gasteiger charge is 2.23. The number of carbonyl (C=O) groups is 2. The minimum absolute atomic E-state index is 0.000664. The van der Waals surface area contributed by atoms with Crippen LogP contribution in [0.2, 0.25) is 0 Å². The van der Waals surface area contributed by atoms with Crippen LogP contribution >= 0.6 is 0 Å². The number of amides is 1. The minimum Gasteiger partial charge on any atom is -0.467 e. The predicted molar refractivity (Wildman–Crippen MR) is 132 cm³/mol. The molecule has 1 aromatic heterocycles. The smallest absolute Gasteiger partial charge is 0.328 e. The molecule has 10 heteroatoms. The van der Waals surface area contributed by atoms with Crippen LogP contribution in [0.3, 0.4) is 0 Å². The van der Waals surface area contributed by atoms with Crippen molar-refractivity contribution >= 4 is 34.5 Å². The van der Waals surface area contributed by atoms with Gasteiger partial charge in [0.05, 0.1) is 19.2 Å². The van der Waals surface area contributed by atoms with E-state index in [2.05, 4.69) is 10.3 Å². The summed E-state index contributed by atoms with van der Waals surface area (Å²) in [7, 11) is 1.28. The Morgan fingerprint density at radius 3 is 2.29 bits per heavy atom. The van der Waals surface area contributed by atoms with Crippen LogP contribution in [-0.2, 0) is 20.7 Å². The molecule has 10 N–H and O–H groups in total. The highest BCUT2D eigenvalue weighted by Crippen LogP contribution is 2.31. The Bertz CT molecular complexity index is 1230. The fraction of sp³-hybridized carbons (Fsp3) is 0.250. The number of benzene rings is 2. The molecule has 1 unspecified atom stereocenters. The highest BCUT2D eigenvalue weighted by molar-refractivity contribution is 6.02. The third-order valence-corrected chi connectivity index (χ3v) is 5.56. The number of rotatable bonds is 10. The maximum Gasteiger partial charge on any atom is 0.328 e. The first-order chi connectivity index (χ1) is 16.2. The molecule has 0 spiro atoms. The number of hydrogen-bond donors (Lipinski definition) is 7. The van der Waals surface area contributed by atoms with Crippen LogP contribution in [0.15, 0.2) is 42.5 Å². The van der Waals surface area contributed by atoms with Gasteiger partial charge < -0.3 is 32.2 Å². The molecule has 0 saturated heterocycles. The van der Waals surface area contributed by atoms with Crippen molar-refractivity contribution in [3.63, 3.8) is 0 Å². The zero-order valence-electron chi connectivity index (χ0n) is 18.9. The number of aromatic amines is 1. The summed E-state index contributed by atoms with van der Waals surface area (Å²) < 4.78 is 4.81. The molecule has 3 rings (SSSR count). The minimum atomic E-state index is -0.783. The van der Waals surface area contributed by atoms with Gasteiger partial charge in [0.15, 0.2) is 0 Å². The molecule has 0 bridgehead atoms. The first-order valence-corrected chi connectivity index (χ1v) is 10.8. The lowest BCUT2D eigenvalue weighted by atomic mass is 10.00. The SMILES string of the molecule is COC(=O)C(CCCN)NC(=O)Cc1c(-c2ccc(C(=N)N)cc2)[nH]c2cc(C(=N)N)ccc12. The fourth-order valence-corrected chi connectivity index (χ4v) is 3.79. The Hall–Kier alpha value is -4.18. The summed E-state index contributed by atoms with van der Waals surface area (Å²) in [5, 5.41) is 18.9. The van der Waals surface area contributed by atoms with Crippen molar-refractivity contribution in [3.8, 4) is 11.3 Å². The second kappa shape index (κ2) is 10.6. The number of nitrogens with two attached hydrogens (primary N) is 3. The highest BCUT2D eigenvalue weighted by atomic mass is 16.5. The number of methoxy groups -OCH3 is 1. The number of nitrogen functional groups attached to an aromatic ring is 2. The molecule has 0 radical (unpaired) electrons. The average molecular weight is 464 g/mol. The quantitative estimate of drug-likeness (QED) is 0.134. The molecule has 10 nitrogen and oxygen atoms in total. The van der Waals surface area contributed by atoms with E-state index in [9.17, 15) is 9.59 Å². The molecule has 1 heterocycles. The Balaban J connectivity index is 2.00. The lowest BCUT2D eigenvalue weighted by Crippen LogP contribution is -2.42. The zero-order chi connectivity index (χ0) is 24.8. The Morgan fingerprint density at radius 2 is 1.71 bits per heavy atom. The number of fused-ring (bicyclic) bond motifs is 1. The molecule has 0 aliphatic heterocycles. The molecular weight excluding hydrogens is 434 g/mol. The number of amidine groups is 2. The van der Waals surface area contributed by atoms with Crippen LogP contribution in [0.25, 0.3) is 22.2 Å². The molecular formula is C24H29N7O3. The zero-order valence-corrected chi connectivity index (χ0v) is 18.9. The maximum absolute atomic E-state index is 13.0. The summed E-state index contributed by atoms with van der Waals surface area (Å²) in [4.78, 5) is 28.4. The van der Waals surface area contributed by atoms with Gasteiger partial charge in [-0.05, 0) is 36.6 Å². The van der Waals surface area contributed by atoms with E-state index in [0.717, 1.165) is 16.5 Å². The standard InChI is InChI=1S/C24H29N7O3/c1-34-24(33)18(3-2-10-25)30-20(32)12-17-16-9-8-15(23(28)29)11-19(16)31-21(17)13-4-6-14(7-5-13)22(26)27/h4-9,11,18,31H,2-3,10,12,25H2,1H3,(H3,26,27)(H3,28,29)(H,30,32). The molecule has 34 heavy (non-hydrogen) atoms. The molecule has 0 aliphatic rings. The number of ether oxygens (including phenoxy) is 1. The first-order valence-electron chi connectivity index (χ1n) is 10.8. The van der Waals surface area contributed by atoms with Crippen LogP contribution in [0.5, 0.6) is 0 Å². The van der Waals surface area contributed by atoms with Crippen molar-refractivity contribution in [1.29, 1.82) is 10.8 Å². The number of aromatic nitrogens is 1. The van der Waals surface area contributed by atoms with Crippen molar-refractivity contribution in [2.24, 2.45) is 17.2 Å². The molecule has 0 fully saturated rings. The maximum atomic E-state index is 13.0. The second-order valence-electron chi connectivity index (χ2n) is 7.89. The van der Waals surface area contributed by atoms with E-state index in [-0.39, 0.29) is 24.0 Å². The third kappa shape index (κ3) is 5.41. The molecule has 2 aromatic carbocycles. The van der Waals surface area contributed by atoms with Gasteiger partial charge in [0.1, 0.15) is 17.7 Å². The van der Waals surface area contributed by atoms with E-state index in [1.165, 1.54) is 7.11 Å². The van der Waals surface area contributed by atoms with E-state index in [1.807, 2.05) is 18.2 Å². The van der Waals surface area contributed by atoms with E-state index in [0.29, 0.717) is 41.7 Å². The van der Waals surface area contributed by atoms with Crippen molar-refractivity contribution in [2.45, 2.75) is 25.3 Å². The summed E-state index contributed by atoms with van der Waals surface area (Å²) in [5.74, 6) is -0.971. The summed E-state index contributed by atoms with van der Waals surface area (Å²) >= 11 is 0. The lowest BCUT2D eigenvalue weighted by molar-refractivity contribution is -0.145. The first kappa shape index (κ1) is 24.5. The van der Waals surface area contributed by atoms with Crippen molar-refractivity contribution in [1.82, 2.24) is 10.3 Å². The van der Waals surface area contributed by atoms with Gasteiger partial charge in [-0.1, -0.05) is 36.4 Å². The van der Waals surface area contributed by atoms with Gasteiger partial charge in [0, 0.05) is 22.0 Å². The average Bonchev–Trinajstić information content (AvgIpc) is 3.18. The van der Waals surface area contributed by atoms with Crippen LogP contribution in [0.4, 0.5) is 0 Å². The van der Waals surface area contributed by atoms with Crippen LogP contribution in [-0.4, -0.2) is 48.2 Å². The largest absolute Gasteiger partial charge is 0.467 e. The van der Waals surface area contributed by atoms with E-state index < -0.39 is 12.0 Å². The molecule has 0 aliphatic carbocycles. The fourth-order valence-electron chi connectivity index (χ4n) is 3.79. The van der Waals surface area contributed by atoms with Gasteiger partial charge in [0.2, 0.25) is 5.91 Å². The summed E-state index contributed by atoms with van der Waals surface area (Å²) in [6.45, 7) is 0.394. The molecule has 1 amide bonds. The Morgan fingerprint density at radius 1 is 1.06 bits per heavy atom.